The van der Waals surface area contributed by atoms with Crippen molar-refractivity contribution in [2.45, 2.75) is 70.5 Å². The molecule has 28 heavy (non-hydrogen) atoms. The SMILES string of the molecule is CC(C)N(C)C1CCN(C)CC1.CN1CCC(N2CCC(C(=O)O)CC2)CC1. The predicted molar refractivity (Wildman–Crippen MR) is 116 cm³/mol. The predicted octanol–water partition coefficient (Wildman–Crippen LogP) is 2.30. The third-order valence-electron chi connectivity index (χ3n) is 7.16. The Hall–Kier alpha value is -0.690. The molecule has 0 saturated carbocycles. The van der Waals surface area contributed by atoms with E-state index in [2.05, 4.69) is 54.6 Å². The van der Waals surface area contributed by atoms with Gasteiger partial charge in [-0.1, -0.05) is 0 Å². The Kier molecular flexibility index (Phi) is 9.67. The number of carbonyl (C=O) groups is 1. The number of piperidine rings is 3. The van der Waals surface area contributed by atoms with Crippen LogP contribution in [0.2, 0.25) is 0 Å². The van der Waals surface area contributed by atoms with E-state index in [-0.39, 0.29) is 5.92 Å². The van der Waals surface area contributed by atoms with Crippen molar-refractivity contribution in [1.29, 1.82) is 0 Å². The van der Waals surface area contributed by atoms with Gasteiger partial charge in [0.15, 0.2) is 0 Å². The molecule has 3 fully saturated rings. The van der Waals surface area contributed by atoms with Gasteiger partial charge in [0.1, 0.15) is 0 Å². The summed E-state index contributed by atoms with van der Waals surface area (Å²) in [5, 5.41) is 8.94. The molecule has 0 aromatic heterocycles. The molecule has 3 heterocycles. The summed E-state index contributed by atoms with van der Waals surface area (Å²) in [6.07, 6.45) is 6.84. The maximum absolute atomic E-state index is 10.9. The molecule has 6 heteroatoms. The third kappa shape index (κ3) is 7.29. The fourth-order valence-electron chi connectivity index (χ4n) is 4.70. The van der Waals surface area contributed by atoms with E-state index in [0.29, 0.717) is 12.1 Å². The van der Waals surface area contributed by atoms with Gasteiger partial charge in [-0.15, -0.1) is 0 Å². The number of carboxylic acid groups (broad SMARTS) is 1. The van der Waals surface area contributed by atoms with E-state index in [4.69, 9.17) is 5.11 Å². The Morgan fingerprint density at radius 1 is 0.857 bits per heavy atom. The van der Waals surface area contributed by atoms with Crippen molar-refractivity contribution >= 4 is 5.97 Å². The van der Waals surface area contributed by atoms with E-state index >= 15 is 0 Å². The van der Waals surface area contributed by atoms with Crippen LogP contribution >= 0.6 is 0 Å². The van der Waals surface area contributed by atoms with Gasteiger partial charge in [0.25, 0.3) is 0 Å². The van der Waals surface area contributed by atoms with Gasteiger partial charge in [-0.2, -0.15) is 0 Å². The Morgan fingerprint density at radius 3 is 1.75 bits per heavy atom. The highest BCUT2D eigenvalue weighted by molar-refractivity contribution is 5.70. The average Bonchev–Trinajstić information content (AvgIpc) is 2.69. The van der Waals surface area contributed by atoms with Crippen LogP contribution in [0.4, 0.5) is 0 Å². The molecular formula is C22H44N4O2. The van der Waals surface area contributed by atoms with E-state index < -0.39 is 5.97 Å². The Morgan fingerprint density at radius 2 is 1.32 bits per heavy atom. The van der Waals surface area contributed by atoms with Crippen LogP contribution in [-0.2, 0) is 4.79 Å². The van der Waals surface area contributed by atoms with Gasteiger partial charge in [-0.25, -0.2) is 0 Å². The highest BCUT2D eigenvalue weighted by Crippen LogP contribution is 2.23. The lowest BCUT2D eigenvalue weighted by Gasteiger charge is -2.40. The normalized spacial score (nSPS) is 25.1. The van der Waals surface area contributed by atoms with Crippen LogP contribution in [0.5, 0.6) is 0 Å². The average molecular weight is 397 g/mol. The minimum absolute atomic E-state index is 0.0949. The minimum atomic E-state index is -0.608. The van der Waals surface area contributed by atoms with Gasteiger partial charge in [-0.3, -0.25) is 4.79 Å². The van der Waals surface area contributed by atoms with Crippen molar-refractivity contribution in [2.24, 2.45) is 5.92 Å². The molecule has 0 unspecified atom stereocenters. The summed E-state index contributed by atoms with van der Waals surface area (Å²) in [7, 11) is 6.64. The number of carboxylic acids is 1. The molecule has 3 aliphatic rings. The lowest BCUT2D eigenvalue weighted by atomic mass is 9.94. The van der Waals surface area contributed by atoms with Crippen molar-refractivity contribution in [3.63, 3.8) is 0 Å². The first-order valence-corrected chi connectivity index (χ1v) is 11.3. The van der Waals surface area contributed by atoms with Crippen LogP contribution in [0.3, 0.4) is 0 Å². The first-order valence-electron chi connectivity index (χ1n) is 11.3. The Bertz CT molecular complexity index is 449. The summed E-state index contributed by atoms with van der Waals surface area (Å²) in [6.45, 7) is 11.4. The van der Waals surface area contributed by atoms with Crippen LogP contribution in [0.1, 0.15) is 52.4 Å². The summed E-state index contributed by atoms with van der Waals surface area (Å²) in [5.74, 6) is -0.703. The van der Waals surface area contributed by atoms with Crippen LogP contribution in [-0.4, -0.2) is 109 Å². The molecule has 3 aliphatic heterocycles. The standard InChI is InChI=1S/C12H22N2O2.C10H22N2/c1-13-6-4-11(5-7-13)14-8-2-10(3-9-14)12(15)16;1-9(2)12(4)10-5-7-11(3)8-6-10/h10-11H,2-9H2,1H3,(H,15,16);9-10H,5-8H2,1-4H3. The van der Waals surface area contributed by atoms with Crippen molar-refractivity contribution in [3.8, 4) is 0 Å². The van der Waals surface area contributed by atoms with Gasteiger partial charge < -0.3 is 24.7 Å². The maximum Gasteiger partial charge on any atom is 0.306 e. The zero-order chi connectivity index (χ0) is 20.7. The fraction of sp³-hybridized carbons (Fsp3) is 0.955. The molecule has 3 saturated heterocycles. The molecule has 0 amide bonds. The summed E-state index contributed by atoms with van der Waals surface area (Å²) >= 11 is 0. The van der Waals surface area contributed by atoms with Crippen LogP contribution in [0.25, 0.3) is 0 Å². The molecule has 6 nitrogen and oxygen atoms in total. The van der Waals surface area contributed by atoms with Crippen molar-refractivity contribution < 1.29 is 9.90 Å². The van der Waals surface area contributed by atoms with E-state index in [1.807, 2.05) is 0 Å². The number of nitrogens with zero attached hydrogens (tertiary/aromatic N) is 4. The van der Waals surface area contributed by atoms with E-state index in [1.165, 1.54) is 51.9 Å². The molecule has 0 aliphatic carbocycles. The van der Waals surface area contributed by atoms with Gasteiger partial charge >= 0.3 is 5.97 Å². The smallest absolute Gasteiger partial charge is 0.306 e. The van der Waals surface area contributed by atoms with E-state index in [9.17, 15) is 4.79 Å². The highest BCUT2D eigenvalue weighted by atomic mass is 16.4. The van der Waals surface area contributed by atoms with Crippen LogP contribution in [0.15, 0.2) is 0 Å². The topological polar surface area (TPSA) is 50.3 Å². The van der Waals surface area contributed by atoms with Gasteiger partial charge in [0, 0.05) is 18.1 Å². The molecule has 0 aromatic rings. The number of aliphatic carboxylic acids is 1. The van der Waals surface area contributed by atoms with Crippen molar-refractivity contribution in [2.75, 3.05) is 60.4 Å². The number of likely N-dealkylation sites (tertiary alicyclic amines) is 3. The number of rotatable bonds is 4. The zero-order valence-corrected chi connectivity index (χ0v) is 18.9. The lowest BCUT2D eigenvalue weighted by Crippen LogP contribution is -2.47. The Labute approximate surface area is 172 Å². The number of hydrogen-bond donors (Lipinski definition) is 1. The molecule has 164 valence electrons. The van der Waals surface area contributed by atoms with Crippen molar-refractivity contribution in [1.82, 2.24) is 19.6 Å². The lowest BCUT2D eigenvalue weighted by molar-refractivity contribution is -0.143. The van der Waals surface area contributed by atoms with Crippen LogP contribution < -0.4 is 0 Å². The van der Waals surface area contributed by atoms with Crippen LogP contribution in [0, 0.1) is 5.92 Å². The van der Waals surface area contributed by atoms with Gasteiger partial charge in [-0.05, 0) is 113 Å². The van der Waals surface area contributed by atoms with Crippen molar-refractivity contribution in [3.05, 3.63) is 0 Å². The maximum atomic E-state index is 10.9. The minimum Gasteiger partial charge on any atom is -0.481 e. The fourth-order valence-corrected chi connectivity index (χ4v) is 4.70. The first-order chi connectivity index (χ1) is 13.3. The Balaban J connectivity index is 0.000000209. The zero-order valence-electron chi connectivity index (χ0n) is 18.9. The third-order valence-corrected chi connectivity index (χ3v) is 7.16. The molecule has 1 N–H and O–H groups in total. The molecular weight excluding hydrogens is 352 g/mol. The molecule has 0 spiro atoms. The quantitative estimate of drug-likeness (QED) is 0.787. The molecule has 0 bridgehead atoms. The number of hydrogen-bond acceptors (Lipinski definition) is 5. The summed E-state index contributed by atoms with van der Waals surface area (Å²) in [5.41, 5.74) is 0. The second kappa shape index (κ2) is 11.5. The second-order valence-electron chi connectivity index (χ2n) is 9.48. The van der Waals surface area contributed by atoms with Gasteiger partial charge in [0.2, 0.25) is 0 Å². The molecule has 0 aromatic carbocycles. The summed E-state index contributed by atoms with van der Waals surface area (Å²) in [4.78, 5) is 20.7. The molecule has 3 rings (SSSR count). The summed E-state index contributed by atoms with van der Waals surface area (Å²) < 4.78 is 0. The van der Waals surface area contributed by atoms with Gasteiger partial charge in [0.05, 0.1) is 5.92 Å². The second-order valence-corrected chi connectivity index (χ2v) is 9.48. The first kappa shape index (κ1) is 23.6. The molecule has 0 atom stereocenters. The highest BCUT2D eigenvalue weighted by Gasteiger charge is 2.29. The largest absolute Gasteiger partial charge is 0.481 e. The molecule has 0 radical (unpaired) electrons. The van der Waals surface area contributed by atoms with E-state index in [1.54, 1.807) is 0 Å². The monoisotopic (exact) mass is 396 g/mol. The van der Waals surface area contributed by atoms with E-state index in [0.717, 1.165) is 32.0 Å². The summed E-state index contributed by atoms with van der Waals surface area (Å²) in [6, 6.07) is 2.21.